The van der Waals surface area contributed by atoms with E-state index in [0.717, 1.165) is 27.8 Å². The molecule has 0 spiro atoms. The van der Waals surface area contributed by atoms with E-state index in [0.29, 0.717) is 10.9 Å². The van der Waals surface area contributed by atoms with Gasteiger partial charge in [0.2, 0.25) is 0 Å². The van der Waals surface area contributed by atoms with E-state index in [4.69, 9.17) is 0 Å². The summed E-state index contributed by atoms with van der Waals surface area (Å²) in [6.07, 6.45) is 1.00. The fraction of sp³-hybridized carbons (Fsp3) is 0.143. The van der Waals surface area contributed by atoms with E-state index in [-0.39, 0.29) is 0 Å². The number of hydrogen-bond acceptors (Lipinski definition) is 4. The Morgan fingerprint density at radius 3 is 2.32 bits per heavy atom. The van der Waals surface area contributed by atoms with Crippen LogP contribution in [0.3, 0.4) is 0 Å². The zero-order valence-electron chi connectivity index (χ0n) is 14.9. The molecule has 0 aromatic heterocycles. The molecule has 2 aromatic carbocycles. The van der Waals surface area contributed by atoms with Crippen molar-refractivity contribution in [3.05, 3.63) is 88.8 Å². The summed E-state index contributed by atoms with van der Waals surface area (Å²) >= 11 is 1.50. The Hall–Kier alpha value is -2.59. The Bertz CT molecular complexity index is 861. The maximum Gasteiger partial charge on any atom is 0.143 e. The van der Waals surface area contributed by atoms with Crippen molar-refractivity contribution in [3.63, 3.8) is 0 Å². The molecule has 0 heterocycles. The largest absolute Gasteiger partial charge is 0.512 e. The summed E-state index contributed by atoms with van der Waals surface area (Å²) in [5.41, 5.74) is 3.05. The third kappa shape index (κ3) is 5.19. The number of anilines is 1. The second-order valence-corrected chi connectivity index (χ2v) is 7.09. The summed E-state index contributed by atoms with van der Waals surface area (Å²) in [5, 5.41) is 18.8. The van der Waals surface area contributed by atoms with Crippen molar-refractivity contribution >= 4 is 28.2 Å². The number of thioether (sulfide) groups is 1. The van der Waals surface area contributed by atoms with E-state index < -0.39 is 0 Å². The van der Waals surface area contributed by atoms with Crippen LogP contribution in [0.25, 0.3) is 10.8 Å². The lowest BCUT2D eigenvalue weighted by Gasteiger charge is -2.16. The van der Waals surface area contributed by atoms with Crippen molar-refractivity contribution in [1.82, 2.24) is 5.32 Å². The second-order valence-electron chi connectivity index (χ2n) is 5.99. The maximum atomic E-state index is 9.54. The van der Waals surface area contributed by atoms with Gasteiger partial charge in [0.25, 0.3) is 0 Å². The van der Waals surface area contributed by atoms with Crippen molar-refractivity contribution in [2.75, 3.05) is 5.32 Å². The van der Waals surface area contributed by atoms with Gasteiger partial charge < -0.3 is 15.7 Å². The first kappa shape index (κ1) is 18.7. The van der Waals surface area contributed by atoms with Crippen LogP contribution in [0, 0.1) is 0 Å². The molecule has 0 amide bonds. The summed E-state index contributed by atoms with van der Waals surface area (Å²) in [5.74, 6) is 0.461. The first-order valence-electron chi connectivity index (χ1n) is 7.98. The fourth-order valence-corrected chi connectivity index (χ4v) is 3.22. The second kappa shape index (κ2) is 8.49. The van der Waals surface area contributed by atoms with E-state index in [1.54, 1.807) is 0 Å². The van der Waals surface area contributed by atoms with Gasteiger partial charge in [0.15, 0.2) is 0 Å². The van der Waals surface area contributed by atoms with E-state index in [1.165, 1.54) is 22.7 Å². The fourth-order valence-electron chi connectivity index (χ4n) is 2.43. The Morgan fingerprint density at radius 1 is 1.04 bits per heavy atom. The summed E-state index contributed by atoms with van der Waals surface area (Å²) in [7, 11) is 0. The van der Waals surface area contributed by atoms with Crippen LogP contribution in [0.4, 0.5) is 5.69 Å². The molecule has 0 radical (unpaired) electrons. The van der Waals surface area contributed by atoms with E-state index in [9.17, 15) is 5.11 Å². The molecule has 0 aliphatic heterocycles. The third-order valence-corrected chi connectivity index (χ3v) is 4.81. The molecule has 0 saturated carbocycles. The summed E-state index contributed by atoms with van der Waals surface area (Å²) in [6, 6.07) is 14.2. The minimum Gasteiger partial charge on any atom is -0.512 e. The maximum absolute atomic E-state index is 9.54. The first-order chi connectivity index (χ1) is 11.9. The van der Waals surface area contributed by atoms with Crippen molar-refractivity contribution < 1.29 is 5.11 Å². The SMILES string of the molecule is C=C(N/C(=C\O)Nc1ccc2ccccc2c1)SC(C(=C)C)=C(C)C. The van der Waals surface area contributed by atoms with Gasteiger partial charge in [0.1, 0.15) is 12.1 Å². The summed E-state index contributed by atoms with van der Waals surface area (Å²) in [4.78, 5) is 1.08. The van der Waals surface area contributed by atoms with Gasteiger partial charge >= 0.3 is 0 Å². The van der Waals surface area contributed by atoms with Crippen LogP contribution >= 0.6 is 11.8 Å². The smallest absolute Gasteiger partial charge is 0.143 e. The number of allylic oxidation sites excluding steroid dienone is 2. The molecule has 0 atom stereocenters. The molecular formula is C21H24N2OS. The van der Waals surface area contributed by atoms with Gasteiger partial charge in [0, 0.05) is 10.6 Å². The molecule has 2 rings (SSSR count). The van der Waals surface area contributed by atoms with E-state index in [1.807, 2.05) is 51.1 Å². The minimum atomic E-state index is 0.461. The molecule has 3 N–H and O–H groups in total. The molecule has 3 nitrogen and oxygen atoms in total. The predicted octanol–water partition coefficient (Wildman–Crippen LogP) is 6.27. The first-order valence-corrected chi connectivity index (χ1v) is 8.79. The molecule has 130 valence electrons. The summed E-state index contributed by atoms with van der Waals surface area (Å²) < 4.78 is 0. The highest BCUT2D eigenvalue weighted by Gasteiger charge is 2.07. The number of aliphatic hydroxyl groups is 1. The average Bonchev–Trinajstić information content (AvgIpc) is 2.58. The molecular weight excluding hydrogens is 328 g/mol. The van der Waals surface area contributed by atoms with Gasteiger partial charge in [-0.1, -0.05) is 60.8 Å². The number of fused-ring (bicyclic) bond motifs is 1. The number of aliphatic hydroxyl groups excluding tert-OH is 1. The van der Waals surface area contributed by atoms with Gasteiger partial charge in [-0.3, -0.25) is 0 Å². The standard InChI is InChI=1S/C21H24N2OS/c1-14(2)21(15(3)4)25-16(5)22-20(13-24)23-19-11-10-17-8-6-7-9-18(17)12-19/h6-13,22-24H,1,5H2,2-4H3/b20-13+. The Kier molecular flexibility index (Phi) is 6.37. The van der Waals surface area contributed by atoms with Crippen LogP contribution in [0.5, 0.6) is 0 Å². The highest BCUT2D eigenvalue weighted by Crippen LogP contribution is 2.31. The van der Waals surface area contributed by atoms with Crippen molar-refractivity contribution in [2.45, 2.75) is 20.8 Å². The third-order valence-electron chi connectivity index (χ3n) is 3.50. The van der Waals surface area contributed by atoms with Gasteiger partial charge in [-0.05, 0) is 49.2 Å². The highest BCUT2D eigenvalue weighted by atomic mass is 32.2. The van der Waals surface area contributed by atoms with Gasteiger partial charge in [-0.25, -0.2) is 0 Å². The minimum absolute atomic E-state index is 0.461. The van der Waals surface area contributed by atoms with Crippen molar-refractivity contribution in [3.8, 4) is 0 Å². The zero-order chi connectivity index (χ0) is 18.4. The molecule has 0 aliphatic carbocycles. The number of rotatable bonds is 7. The zero-order valence-corrected chi connectivity index (χ0v) is 15.7. The predicted molar refractivity (Wildman–Crippen MR) is 111 cm³/mol. The molecule has 2 aromatic rings. The van der Waals surface area contributed by atoms with Crippen LogP contribution in [-0.4, -0.2) is 5.11 Å². The average molecular weight is 353 g/mol. The van der Waals surface area contributed by atoms with Gasteiger partial charge in [-0.2, -0.15) is 0 Å². The monoisotopic (exact) mass is 352 g/mol. The normalized spacial score (nSPS) is 11.1. The highest BCUT2D eigenvalue weighted by molar-refractivity contribution is 8.06. The molecule has 0 fully saturated rings. The number of nitrogens with one attached hydrogen (secondary N) is 2. The van der Waals surface area contributed by atoms with Crippen molar-refractivity contribution in [1.29, 1.82) is 0 Å². The molecule has 4 heteroatoms. The van der Waals surface area contributed by atoms with Gasteiger partial charge in [-0.15, -0.1) is 0 Å². The lowest BCUT2D eigenvalue weighted by Crippen LogP contribution is -2.17. The lowest BCUT2D eigenvalue weighted by atomic mass is 10.1. The number of benzene rings is 2. The lowest BCUT2D eigenvalue weighted by molar-refractivity contribution is 0.464. The molecule has 25 heavy (non-hydrogen) atoms. The summed E-state index contributed by atoms with van der Waals surface area (Å²) in [6.45, 7) is 14.1. The Balaban J connectivity index is 2.08. The molecule has 0 aliphatic rings. The van der Waals surface area contributed by atoms with Crippen LogP contribution in [0.15, 0.2) is 88.8 Å². The van der Waals surface area contributed by atoms with Crippen LogP contribution in [0.2, 0.25) is 0 Å². The van der Waals surface area contributed by atoms with Crippen LogP contribution in [-0.2, 0) is 0 Å². The molecule has 0 saturated heterocycles. The van der Waals surface area contributed by atoms with E-state index >= 15 is 0 Å². The molecule has 0 bridgehead atoms. The Labute approximate surface area is 153 Å². The quantitative estimate of drug-likeness (QED) is 0.406. The van der Waals surface area contributed by atoms with Crippen molar-refractivity contribution in [2.24, 2.45) is 0 Å². The topological polar surface area (TPSA) is 44.3 Å². The van der Waals surface area contributed by atoms with Crippen LogP contribution in [0.1, 0.15) is 20.8 Å². The van der Waals surface area contributed by atoms with E-state index in [2.05, 4.69) is 35.9 Å². The molecule has 0 unspecified atom stereocenters. The van der Waals surface area contributed by atoms with Crippen LogP contribution < -0.4 is 10.6 Å². The Morgan fingerprint density at radius 2 is 1.72 bits per heavy atom. The van der Waals surface area contributed by atoms with Gasteiger partial charge in [0.05, 0.1) is 5.03 Å². The number of hydrogen-bond donors (Lipinski definition) is 3.